The predicted molar refractivity (Wildman–Crippen MR) is 85.5 cm³/mol. The second-order valence-corrected chi connectivity index (χ2v) is 6.01. The fraction of sp³-hybridized carbons (Fsp3) is 0.471. The van der Waals surface area contributed by atoms with Gasteiger partial charge < -0.3 is 9.64 Å². The van der Waals surface area contributed by atoms with Gasteiger partial charge in [0.05, 0.1) is 30.5 Å². The first-order valence-corrected chi connectivity index (χ1v) is 7.83. The average molecular weight is 314 g/mol. The largest absolute Gasteiger partial charge is 0.373 e. The highest BCUT2D eigenvalue weighted by molar-refractivity contribution is 5.79. The van der Waals surface area contributed by atoms with Crippen LogP contribution in [0.5, 0.6) is 0 Å². The first kappa shape index (κ1) is 15.7. The number of hydrogen-bond acceptors (Lipinski definition) is 4. The molecule has 3 heterocycles. The molecule has 0 unspecified atom stereocenters. The van der Waals surface area contributed by atoms with Gasteiger partial charge in [-0.1, -0.05) is 6.07 Å². The molecule has 0 N–H and O–H groups in total. The number of aromatic nitrogens is 3. The Bertz CT molecular complexity index is 683. The number of ether oxygens (including phenoxy) is 1. The Balaban J connectivity index is 1.74. The zero-order chi connectivity index (χ0) is 16.4. The van der Waals surface area contributed by atoms with Crippen molar-refractivity contribution in [2.24, 2.45) is 13.0 Å². The van der Waals surface area contributed by atoms with Gasteiger partial charge in [0.2, 0.25) is 5.91 Å². The van der Waals surface area contributed by atoms with Crippen LogP contribution in [-0.4, -0.2) is 39.2 Å². The fourth-order valence-corrected chi connectivity index (χ4v) is 3.04. The van der Waals surface area contributed by atoms with E-state index in [2.05, 4.69) is 10.1 Å². The highest BCUT2D eigenvalue weighted by Crippen LogP contribution is 2.37. The van der Waals surface area contributed by atoms with E-state index < -0.39 is 0 Å². The number of rotatable bonds is 4. The van der Waals surface area contributed by atoms with Crippen LogP contribution in [0.1, 0.15) is 29.5 Å². The standard InChI is InChI=1S/C17H22N4O2/c1-12-15(10-19-21(12)3)16-14(7-9-23-16)17(22)20(2)11-13-6-4-5-8-18-13/h4-6,8,10,14,16H,7,9,11H2,1-3H3/t14-,16-/m0/s1. The van der Waals surface area contributed by atoms with Crippen molar-refractivity contribution >= 4 is 5.91 Å². The van der Waals surface area contributed by atoms with Crippen molar-refractivity contribution in [3.8, 4) is 0 Å². The Morgan fingerprint density at radius 1 is 1.48 bits per heavy atom. The molecular formula is C17H22N4O2. The summed E-state index contributed by atoms with van der Waals surface area (Å²) in [5.41, 5.74) is 2.94. The van der Waals surface area contributed by atoms with Gasteiger partial charge >= 0.3 is 0 Å². The van der Waals surface area contributed by atoms with Gasteiger partial charge in [0.1, 0.15) is 0 Å². The van der Waals surface area contributed by atoms with Crippen molar-refractivity contribution in [1.29, 1.82) is 0 Å². The van der Waals surface area contributed by atoms with Crippen molar-refractivity contribution < 1.29 is 9.53 Å². The molecule has 2 aromatic rings. The Morgan fingerprint density at radius 3 is 2.96 bits per heavy atom. The minimum absolute atomic E-state index is 0.0985. The van der Waals surface area contributed by atoms with Crippen molar-refractivity contribution in [2.45, 2.75) is 26.0 Å². The Labute approximate surface area is 136 Å². The Kier molecular flexibility index (Phi) is 4.43. The summed E-state index contributed by atoms with van der Waals surface area (Å²) in [4.78, 5) is 18.9. The van der Waals surface area contributed by atoms with E-state index in [9.17, 15) is 4.79 Å². The first-order chi connectivity index (χ1) is 11.1. The third kappa shape index (κ3) is 3.12. The molecule has 6 heteroatoms. The van der Waals surface area contributed by atoms with Gasteiger partial charge in [-0.2, -0.15) is 5.10 Å². The maximum Gasteiger partial charge on any atom is 0.228 e. The number of hydrogen-bond donors (Lipinski definition) is 0. The van der Waals surface area contributed by atoms with Crippen LogP contribution in [0, 0.1) is 12.8 Å². The minimum atomic E-state index is -0.206. The van der Waals surface area contributed by atoms with Crippen molar-refractivity contribution in [1.82, 2.24) is 19.7 Å². The maximum atomic E-state index is 12.8. The lowest BCUT2D eigenvalue weighted by molar-refractivity contribution is -0.136. The molecule has 6 nitrogen and oxygen atoms in total. The molecule has 0 aromatic carbocycles. The van der Waals surface area contributed by atoms with E-state index in [1.165, 1.54) is 0 Å². The van der Waals surface area contributed by atoms with Crippen LogP contribution in [0.15, 0.2) is 30.6 Å². The monoisotopic (exact) mass is 314 g/mol. The third-order valence-corrected chi connectivity index (χ3v) is 4.49. The molecule has 2 aromatic heterocycles. The molecule has 0 bridgehead atoms. The Morgan fingerprint density at radius 2 is 2.30 bits per heavy atom. The lowest BCUT2D eigenvalue weighted by Gasteiger charge is -2.24. The van der Waals surface area contributed by atoms with Crippen LogP contribution in [0.4, 0.5) is 0 Å². The quantitative estimate of drug-likeness (QED) is 0.864. The van der Waals surface area contributed by atoms with Crippen LogP contribution in [0.2, 0.25) is 0 Å². The molecule has 0 saturated carbocycles. The average Bonchev–Trinajstić information content (AvgIpc) is 3.15. The molecule has 2 atom stereocenters. The van der Waals surface area contributed by atoms with Gasteiger partial charge in [-0.05, 0) is 25.5 Å². The normalized spacial score (nSPS) is 20.7. The third-order valence-electron chi connectivity index (χ3n) is 4.49. The number of amides is 1. The number of pyridine rings is 1. The predicted octanol–water partition coefficient (Wildman–Crippen LogP) is 1.86. The summed E-state index contributed by atoms with van der Waals surface area (Å²) < 4.78 is 7.67. The zero-order valence-electron chi connectivity index (χ0n) is 13.8. The highest BCUT2D eigenvalue weighted by atomic mass is 16.5. The second kappa shape index (κ2) is 6.50. The summed E-state index contributed by atoms with van der Waals surface area (Å²) in [5, 5.41) is 4.27. The lowest BCUT2D eigenvalue weighted by atomic mass is 9.94. The maximum absolute atomic E-state index is 12.8. The van der Waals surface area contributed by atoms with Gasteiger partial charge in [-0.15, -0.1) is 0 Å². The molecule has 1 aliphatic rings. The summed E-state index contributed by atoms with van der Waals surface area (Å²) in [6, 6.07) is 5.73. The van der Waals surface area contributed by atoms with E-state index in [-0.39, 0.29) is 17.9 Å². The molecule has 0 spiro atoms. The van der Waals surface area contributed by atoms with E-state index in [4.69, 9.17) is 4.74 Å². The molecule has 122 valence electrons. The number of aryl methyl sites for hydroxylation is 1. The summed E-state index contributed by atoms with van der Waals surface area (Å²) in [6.45, 7) is 3.12. The van der Waals surface area contributed by atoms with Crippen LogP contribution in [0.25, 0.3) is 0 Å². The zero-order valence-corrected chi connectivity index (χ0v) is 13.8. The van der Waals surface area contributed by atoms with Gasteiger partial charge in [0.15, 0.2) is 0 Å². The van der Waals surface area contributed by atoms with Gasteiger partial charge in [-0.25, -0.2) is 0 Å². The summed E-state index contributed by atoms with van der Waals surface area (Å²) in [7, 11) is 3.72. The lowest BCUT2D eigenvalue weighted by Crippen LogP contribution is -2.34. The van der Waals surface area contributed by atoms with E-state index >= 15 is 0 Å². The van der Waals surface area contributed by atoms with Gasteiger partial charge in [0.25, 0.3) is 0 Å². The molecule has 3 rings (SSSR count). The van der Waals surface area contributed by atoms with Crippen LogP contribution in [0.3, 0.4) is 0 Å². The molecule has 1 saturated heterocycles. The SMILES string of the molecule is Cc1c([C@H]2OCC[C@@H]2C(=O)N(C)Cc2ccccn2)cnn1C. The molecule has 23 heavy (non-hydrogen) atoms. The highest BCUT2D eigenvalue weighted by Gasteiger charge is 2.38. The van der Waals surface area contributed by atoms with Crippen LogP contribution < -0.4 is 0 Å². The number of nitrogens with zero attached hydrogens (tertiary/aromatic N) is 4. The van der Waals surface area contributed by atoms with Crippen molar-refractivity contribution in [3.63, 3.8) is 0 Å². The molecule has 1 fully saturated rings. The fourth-order valence-electron chi connectivity index (χ4n) is 3.04. The number of carbonyl (C=O) groups is 1. The van der Waals surface area contributed by atoms with E-state index in [1.54, 1.807) is 11.1 Å². The van der Waals surface area contributed by atoms with Crippen molar-refractivity contribution in [3.05, 3.63) is 47.5 Å². The van der Waals surface area contributed by atoms with E-state index in [0.717, 1.165) is 23.4 Å². The number of carbonyl (C=O) groups excluding carboxylic acids is 1. The summed E-state index contributed by atoms with van der Waals surface area (Å²) >= 11 is 0. The smallest absolute Gasteiger partial charge is 0.228 e. The summed E-state index contributed by atoms with van der Waals surface area (Å²) in [5.74, 6) is -0.0620. The van der Waals surface area contributed by atoms with E-state index in [1.807, 2.05) is 50.1 Å². The first-order valence-electron chi connectivity index (χ1n) is 7.83. The summed E-state index contributed by atoms with van der Waals surface area (Å²) in [6.07, 6.45) is 4.09. The van der Waals surface area contributed by atoms with Gasteiger partial charge in [0, 0.05) is 38.2 Å². The van der Waals surface area contributed by atoms with E-state index in [0.29, 0.717) is 13.2 Å². The van der Waals surface area contributed by atoms with Crippen LogP contribution in [-0.2, 0) is 23.1 Å². The molecule has 1 aliphatic heterocycles. The molecule has 1 amide bonds. The second-order valence-electron chi connectivity index (χ2n) is 6.01. The van der Waals surface area contributed by atoms with Gasteiger partial charge in [-0.3, -0.25) is 14.5 Å². The van der Waals surface area contributed by atoms with Crippen molar-refractivity contribution in [2.75, 3.05) is 13.7 Å². The Hall–Kier alpha value is -2.21. The molecule has 0 aliphatic carbocycles. The minimum Gasteiger partial charge on any atom is -0.373 e. The molecular weight excluding hydrogens is 292 g/mol. The van der Waals surface area contributed by atoms with Crippen LogP contribution >= 0.6 is 0 Å². The molecule has 0 radical (unpaired) electrons. The topological polar surface area (TPSA) is 60.2 Å².